The Morgan fingerprint density at radius 2 is 1.78 bits per heavy atom. The molecule has 2 nitrogen and oxygen atoms in total. The molecule has 0 saturated heterocycles. The predicted octanol–water partition coefficient (Wildman–Crippen LogP) is 8.28. The van der Waals surface area contributed by atoms with E-state index in [0.29, 0.717) is 28.1 Å². The monoisotopic (exact) mass is 440 g/mol. The van der Waals surface area contributed by atoms with Crippen LogP contribution in [-0.2, 0) is 4.79 Å². The van der Waals surface area contributed by atoms with Crippen molar-refractivity contribution >= 4 is 5.97 Å². The minimum atomic E-state index is -0.666. The number of carbonyl (C=O) groups is 1. The molecular formula is C30H48O2. The van der Waals surface area contributed by atoms with Crippen LogP contribution in [0.15, 0.2) is 23.8 Å². The summed E-state index contributed by atoms with van der Waals surface area (Å²) in [6.45, 7) is 21.7. The Hall–Kier alpha value is -1.05. The Bertz CT molecular complexity index is 823. The first-order valence-electron chi connectivity index (χ1n) is 13.4. The maximum Gasteiger partial charge on any atom is 0.303 e. The van der Waals surface area contributed by atoms with E-state index in [4.69, 9.17) is 0 Å². The number of rotatable bonds is 5. The average molecular weight is 441 g/mol. The highest BCUT2D eigenvalue weighted by Crippen LogP contribution is 2.75. The van der Waals surface area contributed by atoms with Gasteiger partial charge in [-0.3, -0.25) is 4.79 Å². The molecule has 0 spiro atoms. The van der Waals surface area contributed by atoms with Crippen molar-refractivity contribution in [1.29, 1.82) is 0 Å². The molecule has 32 heavy (non-hydrogen) atoms. The van der Waals surface area contributed by atoms with Crippen LogP contribution >= 0.6 is 0 Å². The molecule has 180 valence electrons. The van der Waals surface area contributed by atoms with Crippen molar-refractivity contribution in [3.05, 3.63) is 23.8 Å². The van der Waals surface area contributed by atoms with E-state index < -0.39 is 5.97 Å². The zero-order chi connectivity index (χ0) is 23.7. The third-order valence-corrected chi connectivity index (χ3v) is 12.0. The first kappa shape index (κ1) is 24.1. The van der Waals surface area contributed by atoms with Gasteiger partial charge in [0.25, 0.3) is 0 Å². The average Bonchev–Trinajstić information content (AvgIpc) is 3.06. The zero-order valence-corrected chi connectivity index (χ0v) is 21.9. The van der Waals surface area contributed by atoms with Crippen molar-refractivity contribution in [1.82, 2.24) is 0 Å². The van der Waals surface area contributed by atoms with Crippen LogP contribution in [0.1, 0.15) is 106 Å². The summed E-state index contributed by atoms with van der Waals surface area (Å²) < 4.78 is 0. The largest absolute Gasteiger partial charge is 0.481 e. The first-order chi connectivity index (χ1) is 14.8. The lowest BCUT2D eigenvalue weighted by molar-refractivity contribution is -0.150. The second kappa shape index (κ2) is 7.74. The van der Waals surface area contributed by atoms with Crippen molar-refractivity contribution in [3.8, 4) is 0 Å². The van der Waals surface area contributed by atoms with E-state index in [1.54, 1.807) is 5.57 Å². The second-order valence-electron chi connectivity index (χ2n) is 13.5. The molecule has 3 fully saturated rings. The van der Waals surface area contributed by atoms with Crippen molar-refractivity contribution < 1.29 is 9.90 Å². The SMILES string of the molecule is C=C(C)[C@@H]1CC[C@@H]2C(=CC[C@@]3(C)[C@@H]4CC[C@H](C(C)C)[C@@]4(C)CC[C@@]23C)[C@@]1(C)CCC(=O)O. The quantitative estimate of drug-likeness (QED) is 0.437. The summed E-state index contributed by atoms with van der Waals surface area (Å²) in [4.78, 5) is 11.6. The third kappa shape index (κ3) is 3.13. The molecule has 0 heterocycles. The standard InChI is InChI=1S/C30H48O2/c1-19(2)21-9-10-24-23(27(21,5)15-14-26(31)32)13-16-30(8)25-12-11-22(20(3)4)28(25,6)17-18-29(24,30)7/h13,20-22,24-25H,1,9-12,14-18H2,2-8H3,(H,31,32)/t21-,22+,24+,25+,27-,28+,29-,30-/m0/s1. The fraction of sp³-hybridized carbons (Fsp3) is 0.833. The molecule has 4 aliphatic rings. The molecule has 3 saturated carbocycles. The molecule has 8 atom stereocenters. The molecule has 1 N–H and O–H groups in total. The lowest BCUT2D eigenvalue weighted by Gasteiger charge is -2.67. The van der Waals surface area contributed by atoms with Crippen LogP contribution in [0.3, 0.4) is 0 Å². The second-order valence-corrected chi connectivity index (χ2v) is 13.5. The molecule has 0 aromatic rings. The summed E-state index contributed by atoms with van der Waals surface area (Å²) in [6, 6.07) is 0. The molecule has 0 aliphatic heterocycles. The smallest absolute Gasteiger partial charge is 0.303 e. The van der Waals surface area contributed by atoms with E-state index in [0.717, 1.165) is 30.6 Å². The van der Waals surface area contributed by atoms with Gasteiger partial charge in [-0.25, -0.2) is 0 Å². The van der Waals surface area contributed by atoms with Crippen molar-refractivity contribution in [2.24, 2.45) is 51.2 Å². The predicted molar refractivity (Wildman–Crippen MR) is 133 cm³/mol. The van der Waals surface area contributed by atoms with Gasteiger partial charge >= 0.3 is 5.97 Å². The van der Waals surface area contributed by atoms with Crippen LogP contribution in [0.4, 0.5) is 0 Å². The minimum absolute atomic E-state index is 0.0611. The number of carboxylic acids is 1. The van der Waals surface area contributed by atoms with Gasteiger partial charge in [0, 0.05) is 6.42 Å². The molecule has 0 aromatic heterocycles. The number of aliphatic carboxylic acids is 1. The van der Waals surface area contributed by atoms with Gasteiger partial charge in [0.05, 0.1) is 0 Å². The van der Waals surface area contributed by atoms with Gasteiger partial charge in [0.1, 0.15) is 0 Å². The minimum Gasteiger partial charge on any atom is -0.481 e. The van der Waals surface area contributed by atoms with E-state index in [1.165, 1.54) is 44.1 Å². The highest BCUT2D eigenvalue weighted by atomic mass is 16.4. The van der Waals surface area contributed by atoms with E-state index in [2.05, 4.69) is 61.1 Å². The summed E-state index contributed by atoms with van der Waals surface area (Å²) in [5.41, 5.74) is 3.92. The van der Waals surface area contributed by atoms with Crippen LogP contribution in [-0.4, -0.2) is 11.1 Å². The Morgan fingerprint density at radius 3 is 2.38 bits per heavy atom. The highest BCUT2D eigenvalue weighted by molar-refractivity contribution is 5.66. The summed E-state index contributed by atoms with van der Waals surface area (Å²) >= 11 is 0. The topological polar surface area (TPSA) is 37.3 Å². The number of carboxylic acid groups (broad SMARTS) is 1. The molecule has 0 unspecified atom stereocenters. The van der Waals surface area contributed by atoms with E-state index in [9.17, 15) is 9.90 Å². The Morgan fingerprint density at radius 1 is 1.09 bits per heavy atom. The lowest BCUT2D eigenvalue weighted by atomic mass is 9.37. The fourth-order valence-corrected chi connectivity index (χ4v) is 10.2. The molecule has 4 rings (SSSR count). The number of hydrogen-bond donors (Lipinski definition) is 1. The molecular weight excluding hydrogens is 392 g/mol. The number of hydrogen-bond acceptors (Lipinski definition) is 1. The molecule has 0 radical (unpaired) electrons. The van der Waals surface area contributed by atoms with Crippen LogP contribution in [0.2, 0.25) is 0 Å². The molecule has 0 aromatic carbocycles. The van der Waals surface area contributed by atoms with E-state index in [1.807, 2.05) is 0 Å². The first-order valence-corrected chi connectivity index (χ1v) is 13.4. The van der Waals surface area contributed by atoms with E-state index in [-0.39, 0.29) is 11.8 Å². The molecule has 0 bridgehead atoms. The van der Waals surface area contributed by atoms with Crippen LogP contribution in [0.5, 0.6) is 0 Å². The Kier molecular flexibility index (Phi) is 5.83. The van der Waals surface area contributed by atoms with Gasteiger partial charge in [0.2, 0.25) is 0 Å². The maximum absolute atomic E-state index is 11.6. The maximum atomic E-state index is 11.6. The molecule has 4 aliphatic carbocycles. The van der Waals surface area contributed by atoms with Gasteiger partial charge in [-0.1, -0.05) is 65.3 Å². The zero-order valence-electron chi connectivity index (χ0n) is 21.9. The van der Waals surface area contributed by atoms with Crippen LogP contribution in [0, 0.1) is 51.2 Å². The lowest BCUT2D eigenvalue weighted by Crippen LogP contribution is -2.60. The number of allylic oxidation sites excluding steroid dienone is 3. The van der Waals surface area contributed by atoms with Crippen molar-refractivity contribution in [2.75, 3.05) is 0 Å². The Labute approximate surface area is 197 Å². The summed E-state index contributed by atoms with van der Waals surface area (Å²) in [7, 11) is 0. The molecule has 0 amide bonds. The van der Waals surface area contributed by atoms with E-state index >= 15 is 0 Å². The van der Waals surface area contributed by atoms with Gasteiger partial charge in [-0.2, -0.15) is 0 Å². The summed E-state index contributed by atoms with van der Waals surface area (Å²) in [5, 5.41) is 9.52. The normalized spacial score (nSPS) is 47.9. The van der Waals surface area contributed by atoms with Gasteiger partial charge in [-0.05, 0) is 110 Å². The van der Waals surface area contributed by atoms with Crippen LogP contribution in [0.25, 0.3) is 0 Å². The highest BCUT2D eigenvalue weighted by Gasteiger charge is 2.67. The van der Waals surface area contributed by atoms with Crippen molar-refractivity contribution in [2.45, 2.75) is 106 Å². The number of fused-ring (bicyclic) bond motifs is 5. The fourth-order valence-electron chi connectivity index (χ4n) is 10.2. The van der Waals surface area contributed by atoms with Gasteiger partial charge < -0.3 is 5.11 Å². The van der Waals surface area contributed by atoms with Crippen LogP contribution < -0.4 is 0 Å². The van der Waals surface area contributed by atoms with Crippen molar-refractivity contribution in [3.63, 3.8) is 0 Å². The summed E-state index contributed by atoms with van der Waals surface area (Å²) in [6.07, 6.45) is 12.7. The Balaban J connectivity index is 1.76. The summed E-state index contributed by atoms with van der Waals surface area (Å²) in [5.74, 6) is 2.78. The molecule has 2 heteroatoms. The van der Waals surface area contributed by atoms with Gasteiger partial charge in [0.15, 0.2) is 0 Å². The van der Waals surface area contributed by atoms with Gasteiger partial charge in [-0.15, -0.1) is 0 Å². The third-order valence-electron chi connectivity index (χ3n) is 12.0.